The molecule has 15 heteroatoms. The van der Waals surface area contributed by atoms with Crippen LogP contribution >= 0.6 is 7.75 Å². The molecule has 1 aromatic carbocycles. The Kier molecular flexibility index (Phi) is 8.70. The molecule has 0 radical (unpaired) electrons. The monoisotopic (exact) mass is 569 g/mol. The Labute approximate surface area is 222 Å². The van der Waals surface area contributed by atoms with Gasteiger partial charge in [-0.3, -0.25) is 28.5 Å². The number of nitrogens with zero attached hydrogens (tertiary/aromatic N) is 1. The smallest absolute Gasteiger partial charge is 0.459 e. The Bertz CT molecular complexity index is 1350. The molecule has 4 rings (SSSR count). The summed E-state index contributed by atoms with van der Waals surface area (Å²) < 4.78 is 58.4. The Balaban J connectivity index is 1.67. The number of carbonyl (C=O) groups excluding carboxylic acids is 2. The maximum absolute atomic E-state index is 16.3. The zero-order chi connectivity index (χ0) is 28.2. The number of hydrogen-bond donors (Lipinski definition) is 2. The number of aromatic nitrogens is 2. The van der Waals surface area contributed by atoms with Crippen LogP contribution in [0, 0.1) is 0 Å². The number of rotatable bonds is 3. The van der Waals surface area contributed by atoms with E-state index in [2.05, 4.69) is 5.09 Å². The second-order valence-corrected chi connectivity index (χ2v) is 11.0. The molecule has 2 N–H and O–H groups in total. The standard InChI is InChI=1S/C24H29FN3O10P/c1-15-21(31)34-13-7-6-10-19(30)37-20-17(14-35-39(33,27-15)38-16-8-4-3-5-9-16)36-22(24(20,2)25)28-12-11-18(29)26-23(28)32/h3-5,8-9,11-12,15,17,20,22H,6-7,10,13-14H2,1-2H3,(H,27,33)(H,26,29,32)/t15-,17+,20+,22+,24+,39?/m0/s1. The van der Waals surface area contributed by atoms with Crippen molar-refractivity contribution in [3.63, 3.8) is 0 Å². The molecule has 2 aliphatic heterocycles. The molecular formula is C24H29FN3O10P. The average molecular weight is 569 g/mol. The number of aromatic amines is 1. The maximum atomic E-state index is 16.3. The SMILES string of the molecule is C[C@@H]1NP(=O)(Oc2ccccc2)OC[C@H]2O[C@@H](n3ccc(=O)[nH]c3=O)[C@](C)(F)[C@@H]2OC(=O)CCCCOC1=O. The van der Waals surface area contributed by atoms with E-state index in [1.807, 2.05) is 4.98 Å². The molecule has 2 saturated heterocycles. The molecular weight excluding hydrogens is 540 g/mol. The Morgan fingerprint density at radius 3 is 2.59 bits per heavy atom. The van der Waals surface area contributed by atoms with Crippen LogP contribution in [0.15, 0.2) is 52.2 Å². The minimum atomic E-state index is -4.34. The molecule has 6 atom stereocenters. The van der Waals surface area contributed by atoms with Crippen LogP contribution in [0.1, 0.15) is 39.3 Å². The fourth-order valence-corrected chi connectivity index (χ4v) is 5.68. The van der Waals surface area contributed by atoms with Gasteiger partial charge < -0.3 is 18.7 Å². The van der Waals surface area contributed by atoms with Gasteiger partial charge in [0.2, 0.25) is 0 Å². The lowest BCUT2D eigenvalue weighted by Crippen LogP contribution is -2.46. The molecule has 0 saturated carbocycles. The number of esters is 2. The van der Waals surface area contributed by atoms with E-state index >= 15 is 4.39 Å². The lowest BCUT2D eigenvalue weighted by Gasteiger charge is -2.28. The van der Waals surface area contributed by atoms with Crippen LogP contribution in [0.4, 0.5) is 4.39 Å². The normalized spacial score (nSPS) is 32.7. The summed E-state index contributed by atoms with van der Waals surface area (Å²) in [6.07, 6.45) is -3.06. The summed E-state index contributed by atoms with van der Waals surface area (Å²) in [7, 11) is -4.34. The summed E-state index contributed by atoms with van der Waals surface area (Å²) in [6.45, 7) is 1.83. The van der Waals surface area contributed by atoms with Crippen molar-refractivity contribution in [3.05, 3.63) is 63.4 Å². The van der Waals surface area contributed by atoms with Crippen molar-refractivity contribution in [2.24, 2.45) is 0 Å². The molecule has 0 amide bonds. The summed E-state index contributed by atoms with van der Waals surface area (Å²) in [5.74, 6) is -1.34. The summed E-state index contributed by atoms with van der Waals surface area (Å²) in [6, 6.07) is 7.87. The van der Waals surface area contributed by atoms with E-state index in [9.17, 15) is 23.7 Å². The predicted octanol–water partition coefficient (Wildman–Crippen LogP) is 1.98. The number of ether oxygens (including phenoxy) is 3. The van der Waals surface area contributed by atoms with Crippen LogP contribution in [0.3, 0.4) is 0 Å². The topological polar surface area (TPSA) is 164 Å². The zero-order valence-electron chi connectivity index (χ0n) is 21.2. The zero-order valence-corrected chi connectivity index (χ0v) is 22.1. The number of benzene rings is 1. The lowest BCUT2D eigenvalue weighted by molar-refractivity contribution is -0.158. The van der Waals surface area contributed by atoms with Gasteiger partial charge in [0.1, 0.15) is 17.9 Å². The highest BCUT2D eigenvalue weighted by Gasteiger charge is 2.58. The highest BCUT2D eigenvalue weighted by molar-refractivity contribution is 7.52. The summed E-state index contributed by atoms with van der Waals surface area (Å²) >= 11 is 0. The van der Waals surface area contributed by atoms with Crippen molar-refractivity contribution in [3.8, 4) is 5.75 Å². The first-order valence-corrected chi connectivity index (χ1v) is 13.8. The van der Waals surface area contributed by atoms with Crippen LogP contribution < -0.4 is 20.9 Å². The van der Waals surface area contributed by atoms with Crippen molar-refractivity contribution in [2.75, 3.05) is 13.2 Å². The highest BCUT2D eigenvalue weighted by atomic mass is 31.2. The predicted molar refractivity (Wildman–Crippen MR) is 133 cm³/mol. The van der Waals surface area contributed by atoms with E-state index in [4.69, 9.17) is 23.3 Å². The molecule has 212 valence electrons. The molecule has 0 aliphatic carbocycles. The first-order chi connectivity index (χ1) is 18.5. The largest absolute Gasteiger partial charge is 0.465 e. The Morgan fingerprint density at radius 2 is 1.87 bits per heavy atom. The third-order valence-corrected chi connectivity index (χ3v) is 7.79. The molecule has 13 nitrogen and oxygen atoms in total. The first kappa shape index (κ1) is 28.7. The summed E-state index contributed by atoms with van der Waals surface area (Å²) in [4.78, 5) is 51.0. The molecule has 0 bridgehead atoms. The first-order valence-electron chi connectivity index (χ1n) is 12.3. The Hall–Kier alpha value is -3.32. The van der Waals surface area contributed by atoms with Gasteiger partial charge in [0.25, 0.3) is 5.56 Å². The second kappa shape index (κ2) is 11.8. The molecule has 2 aliphatic rings. The van der Waals surface area contributed by atoms with Gasteiger partial charge in [0, 0.05) is 18.7 Å². The molecule has 0 spiro atoms. The molecule has 1 aromatic heterocycles. The second-order valence-electron chi connectivity index (χ2n) is 9.28. The van der Waals surface area contributed by atoms with Gasteiger partial charge >= 0.3 is 25.4 Å². The third-order valence-electron chi connectivity index (χ3n) is 6.15. The number of fused-ring (bicyclic) bond motifs is 1. The highest BCUT2D eigenvalue weighted by Crippen LogP contribution is 2.48. The maximum Gasteiger partial charge on any atom is 0.459 e. The number of H-pyrrole nitrogens is 1. The van der Waals surface area contributed by atoms with Gasteiger partial charge in [-0.1, -0.05) is 18.2 Å². The van der Waals surface area contributed by atoms with Crippen LogP contribution in [0.25, 0.3) is 0 Å². The van der Waals surface area contributed by atoms with Crippen LogP contribution in [0.5, 0.6) is 5.75 Å². The van der Waals surface area contributed by atoms with Crippen LogP contribution in [-0.4, -0.2) is 58.6 Å². The van der Waals surface area contributed by atoms with Gasteiger partial charge in [-0.25, -0.2) is 13.8 Å². The minimum Gasteiger partial charge on any atom is -0.465 e. The summed E-state index contributed by atoms with van der Waals surface area (Å²) in [5, 5.41) is 2.51. The van der Waals surface area contributed by atoms with E-state index in [0.717, 1.165) is 23.8 Å². The number of halogens is 1. The molecule has 3 heterocycles. The number of alkyl halides is 1. The van der Waals surface area contributed by atoms with Gasteiger partial charge in [0.05, 0.1) is 13.2 Å². The van der Waals surface area contributed by atoms with Gasteiger partial charge in [-0.15, -0.1) is 0 Å². The number of para-hydroxylation sites is 1. The number of cyclic esters (lactones) is 1. The van der Waals surface area contributed by atoms with E-state index in [1.54, 1.807) is 18.2 Å². The minimum absolute atomic E-state index is 0.0178. The molecule has 39 heavy (non-hydrogen) atoms. The van der Waals surface area contributed by atoms with E-state index in [-0.39, 0.29) is 25.2 Å². The summed E-state index contributed by atoms with van der Waals surface area (Å²) in [5.41, 5.74) is -4.13. The van der Waals surface area contributed by atoms with Gasteiger partial charge in [-0.2, -0.15) is 5.09 Å². The average Bonchev–Trinajstić information content (AvgIpc) is 3.11. The van der Waals surface area contributed by atoms with E-state index in [0.29, 0.717) is 6.42 Å². The fraction of sp³-hybridized carbons (Fsp3) is 0.500. The van der Waals surface area contributed by atoms with Crippen molar-refractivity contribution in [1.29, 1.82) is 0 Å². The fourth-order valence-electron chi connectivity index (χ4n) is 4.18. The van der Waals surface area contributed by atoms with Gasteiger partial charge in [0.15, 0.2) is 18.0 Å². The van der Waals surface area contributed by atoms with Crippen LogP contribution in [-0.2, 0) is 32.9 Å². The third kappa shape index (κ3) is 6.82. The van der Waals surface area contributed by atoms with E-state index in [1.165, 1.54) is 19.1 Å². The number of carbonyl (C=O) groups is 2. The van der Waals surface area contributed by atoms with Crippen molar-refractivity contribution < 1.29 is 41.8 Å². The van der Waals surface area contributed by atoms with Crippen molar-refractivity contribution in [2.45, 2.75) is 63.3 Å². The molecule has 2 fully saturated rings. The molecule has 1 unspecified atom stereocenters. The van der Waals surface area contributed by atoms with E-state index < -0.39 is 67.7 Å². The quantitative estimate of drug-likeness (QED) is 0.410. The Morgan fingerprint density at radius 1 is 1.13 bits per heavy atom. The van der Waals surface area contributed by atoms with Crippen molar-refractivity contribution >= 4 is 19.7 Å². The molecule has 2 aromatic rings. The van der Waals surface area contributed by atoms with Crippen molar-refractivity contribution in [1.82, 2.24) is 14.6 Å². The lowest BCUT2D eigenvalue weighted by atomic mass is 9.98. The van der Waals surface area contributed by atoms with Gasteiger partial charge in [-0.05, 0) is 38.8 Å². The number of hydrogen-bond acceptors (Lipinski definition) is 10. The van der Waals surface area contributed by atoms with Crippen LogP contribution in [0.2, 0.25) is 0 Å². The number of nitrogens with one attached hydrogen (secondary N) is 2.